The molecule has 0 spiro atoms. The summed E-state index contributed by atoms with van der Waals surface area (Å²) in [5, 5.41) is 9.66. The lowest BCUT2D eigenvalue weighted by atomic mass is 10.2. The van der Waals surface area contributed by atoms with Gasteiger partial charge in [-0.3, -0.25) is 4.84 Å². The summed E-state index contributed by atoms with van der Waals surface area (Å²) < 4.78 is 0. The van der Waals surface area contributed by atoms with Crippen molar-refractivity contribution in [2.24, 2.45) is 5.90 Å². The maximum atomic E-state index is 9.20. The molecule has 0 fully saturated rings. The molecule has 0 radical (unpaired) electrons. The fourth-order valence-corrected chi connectivity index (χ4v) is 0.998. The van der Waals surface area contributed by atoms with Crippen LogP contribution in [0.2, 0.25) is 5.02 Å². The van der Waals surface area contributed by atoms with Gasteiger partial charge in [0.2, 0.25) is 0 Å². The minimum atomic E-state index is 0.1000. The molecule has 0 amide bonds. The van der Waals surface area contributed by atoms with E-state index in [1.54, 1.807) is 12.1 Å². The molecule has 1 rings (SSSR count). The quantitative estimate of drug-likeness (QED) is 0.666. The lowest BCUT2D eigenvalue weighted by Gasteiger charge is -2.03. The molecule has 0 saturated heterocycles. The van der Waals surface area contributed by atoms with Crippen molar-refractivity contribution in [2.45, 2.75) is 6.61 Å². The number of rotatable bonds is 2. The van der Waals surface area contributed by atoms with Crippen molar-refractivity contribution in [1.82, 2.24) is 0 Å². The van der Waals surface area contributed by atoms with Gasteiger partial charge in [0, 0.05) is 10.6 Å². The minimum absolute atomic E-state index is 0.1000. The number of hydrogen-bond donors (Lipinski definition) is 2. The smallest absolute Gasteiger partial charge is 0.122 e. The van der Waals surface area contributed by atoms with Gasteiger partial charge in [0.05, 0.1) is 6.61 Å². The molecule has 11 heavy (non-hydrogen) atoms. The first-order valence-electron chi connectivity index (χ1n) is 3.03. The van der Waals surface area contributed by atoms with E-state index in [1.807, 2.05) is 0 Å². The number of halogens is 1. The standard InChI is InChI=1S/C7H8ClNO2/c8-6-2-1-3-7(10)5(6)4-11-9/h1-3,10H,4,9H2. The highest BCUT2D eigenvalue weighted by molar-refractivity contribution is 6.31. The highest BCUT2D eigenvalue weighted by Gasteiger charge is 2.04. The van der Waals surface area contributed by atoms with Crippen LogP contribution in [0.1, 0.15) is 5.56 Å². The first-order chi connectivity index (χ1) is 5.25. The van der Waals surface area contributed by atoms with Crippen molar-refractivity contribution in [3.8, 4) is 5.75 Å². The molecule has 0 bridgehead atoms. The van der Waals surface area contributed by atoms with Gasteiger partial charge in [-0.15, -0.1) is 0 Å². The van der Waals surface area contributed by atoms with Gasteiger partial charge < -0.3 is 5.11 Å². The van der Waals surface area contributed by atoms with Crippen LogP contribution in [-0.4, -0.2) is 5.11 Å². The Morgan fingerprint density at radius 3 is 2.82 bits per heavy atom. The number of benzene rings is 1. The molecular formula is C7H8ClNO2. The first-order valence-corrected chi connectivity index (χ1v) is 3.41. The summed E-state index contributed by atoms with van der Waals surface area (Å²) >= 11 is 5.71. The lowest BCUT2D eigenvalue weighted by molar-refractivity contribution is 0.122. The zero-order valence-corrected chi connectivity index (χ0v) is 6.51. The van der Waals surface area contributed by atoms with Crippen molar-refractivity contribution in [2.75, 3.05) is 0 Å². The molecule has 0 unspecified atom stereocenters. The maximum Gasteiger partial charge on any atom is 0.122 e. The largest absolute Gasteiger partial charge is 0.508 e. The Bertz CT molecular complexity index is 232. The molecule has 0 aliphatic heterocycles. The van der Waals surface area contributed by atoms with Crippen molar-refractivity contribution in [1.29, 1.82) is 0 Å². The Morgan fingerprint density at radius 1 is 1.55 bits per heavy atom. The monoisotopic (exact) mass is 173 g/mol. The molecular weight excluding hydrogens is 166 g/mol. The lowest BCUT2D eigenvalue weighted by Crippen LogP contribution is -1.99. The molecule has 0 aliphatic carbocycles. The molecule has 60 valence electrons. The zero-order chi connectivity index (χ0) is 8.27. The number of nitrogens with two attached hydrogens (primary N) is 1. The third kappa shape index (κ3) is 1.83. The molecule has 1 aromatic carbocycles. The Balaban J connectivity index is 3.00. The summed E-state index contributed by atoms with van der Waals surface area (Å²) in [5.74, 6) is 4.93. The zero-order valence-electron chi connectivity index (χ0n) is 5.75. The number of aromatic hydroxyl groups is 1. The van der Waals surface area contributed by atoms with Gasteiger partial charge >= 0.3 is 0 Å². The van der Waals surface area contributed by atoms with Crippen LogP contribution in [-0.2, 0) is 11.4 Å². The van der Waals surface area contributed by atoms with E-state index in [-0.39, 0.29) is 12.4 Å². The Kier molecular flexibility index (Phi) is 2.70. The third-order valence-electron chi connectivity index (χ3n) is 1.32. The van der Waals surface area contributed by atoms with Crippen molar-refractivity contribution in [3.05, 3.63) is 28.8 Å². The molecule has 0 atom stereocenters. The van der Waals surface area contributed by atoms with Crippen LogP contribution in [0.25, 0.3) is 0 Å². The van der Waals surface area contributed by atoms with E-state index in [0.717, 1.165) is 0 Å². The molecule has 4 heteroatoms. The predicted octanol–water partition coefficient (Wildman–Crippen LogP) is 1.44. The summed E-state index contributed by atoms with van der Waals surface area (Å²) in [6.45, 7) is 0.117. The molecule has 1 aromatic rings. The number of phenols is 1. The molecule has 0 saturated carbocycles. The van der Waals surface area contributed by atoms with E-state index in [4.69, 9.17) is 17.5 Å². The SMILES string of the molecule is NOCc1c(O)cccc1Cl. The first kappa shape index (κ1) is 8.33. The van der Waals surface area contributed by atoms with Crippen LogP contribution in [0.3, 0.4) is 0 Å². The van der Waals surface area contributed by atoms with Crippen molar-refractivity contribution < 1.29 is 9.94 Å². The molecule has 3 nitrogen and oxygen atoms in total. The normalized spacial score (nSPS) is 10.0. The van der Waals surface area contributed by atoms with E-state index in [0.29, 0.717) is 10.6 Å². The molecule has 3 N–H and O–H groups in total. The van der Waals surface area contributed by atoms with Gasteiger partial charge in [0.1, 0.15) is 5.75 Å². The van der Waals surface area contributed by atoms with Crippen LogP contribution in [0.4, 0.5) is 0 Å². The van der Waals surface area contributed by atoms with Crippen LogP contribution in [0.15, 0.2) is 18.2 Å². The maximum absolute atomic E-state index is 9.20. The van der Waals surface area contributed by atoms with Gasteiger partial charge in [0.15, 0.2) is 0 Å². The summed E-state index contributed by atoms with van der Waals surface area (Å²) in [7, 11) is 0. The fourth-order valence-electron chi connectivity index (χ4n) is 0.773. The van der Waals surface area contributed by atoms with Crippen LogP contribution < -0.4 is 5.90 Å². The average molecular weight is 174 g/mol. The highest BCUT2D eigenvalue weighted by atomic mass is 35.5. The summed E-state index contributed by atoms with van der Waals surface area (Å²) in [4.78, 5) is 4.35. The van der Waals surface area contributed by atoms with Gasteiger partial charge in [-0.1, -0.05) is 17.7 Å². The summed E-state index contributed by atoms with van der Waals surface area (Å²) in [6, 6.07) is 4.84. The second-order valence-corrected chi connectivity index (χ2v) is 2.46. The van der Waals surface area contributed by atoms with Gasteiger partial charge in [-0.2, -0.15) is 0 Å². The topological polar surface area (TPSA) is 55.5 Å². The van der Waals surface area contributed by atoms with Crippen molar-refractivity contribution in [3.63, 3.8) is 0 Å². The third-order valence-corrected chi connectivity index (χ3v) is 1.68. The average Bonchev–Trinajstić information content (AvgIpc) is 1.97. The molecule has 0 heterocycles. The summed E-state index contributed by atoms with van der Waals surface area (Å²) in [5.41, 5.74) is 0.511. The van der Waals surface area contributed by atoms with Crippen LogP contribution in [0, 0.1) is 0 Å². The Morgan fingerprint density at radius 2 is 2.27 bits per heavy atom. The number of phenolic OH excluding ortho intramolecular Hbond substituents is 1. The second-order valence-electron chi connectivity index (χ2n) is 2.05. The Hall–Kier alpha value is -0.770. The van der Waals surface area contributed by atoms with Crippen molar-refractivity contribution >= 4 is 11.6 Å². The van der Waals surface area contributed by atoms with Gasteiger partial charge in [-0.05, 0) is 12.1 Å². The van der Waals surface area contributed by atoms with Crippen LogP contribution in [0.5, 0.6) is 5.75 Å². The van der Waals surface area contributed by atoms with E-state index in [9.17, 15) is 5.11 Å². The minimum Gasteiger partial charge on any atom is -0.508 e. The second kappa shape index (κ2) is 3.57. The van der Waals surface area contributed by atoms with E-state index < -0.39 is 0 Å². The number of hydrogen-bond acceptors (Lipinski definition) is 3. The van der Waals surface area contributed by atoms with E-state index in [2.05, 4.69) is 4.84 Å². The molecule has 0 aliphatic rings. The van der Waals surface area contributed by atoms with E-state index >= 15 is 0 Å². The van der Waals surface area contributed by atoms with Gasteiger partial charge in [0.25, 0.3) is 0 Å². The predicted molar refractivity (Wildman–Crippen MR) is 42.1 cm³/mol. The fraction of sp³-hybridized carbons (Fsp3) is 0.143. The van der Waals surface area contributed by atoms with E-state index in [1.165, 1.54) is 6.07 Å². The summed E-state index contributed by atoms with van der Waals surface area (Å²) in [6.07, 6.45) is 0. The Labute approximate surface area is 69.3 Å². The molecule has 0 aromatic heterocycles. The van der Waals surface area contributed by atoms with Crippen LogP contribution >= 0.6 is 11.6 Å². The highest BCUT2D eigenvalue weighted by Crippen LogP contribution is 2.25. The van der Waals surface area contributed by atoms with Gasteiger partial charge in [-0.25, -0.2) is 5.90 Å².